The summed E-state index contributed by atoms with van der Waals surface area (Å²) in [4.78, 5) is 24.3. The second-order valence-corrected chi connectivity index (χ2v) is 7.87. The van der Waals surface area contributed by atoms with Crippen molar-refractivity contribution in [3.05, 3.63) is 46.1 Å². The topological polar surface area (TPSA) is 67.4 Å². The summed E-state index contributed by atoms with van der Waals surface area (Å²) in [6.45, 7) is 1.95. The maximum Gasteiger partial charge on any atom is 0.338 e. The molecule has 1 unspecified atom stereocenters. The predicted octanol–water partition coefficient (Wildman–Crippen LogP) is 3.63. The van der Waals surface area contributed by atoms with Gasteiger partial charge in [-0.1, -0.05) is 61.7 Å². The number of benzene rings is 1. The van der Waals surface area contributed by atoms with Crippen molar-refractivity contribution >= 4 is 55.5 Å². The van der Waals surface area contributed by atoms with Crippen molar-refractivity contribution in [1.82, 2.24) is 10.6 Å². The molecule has 1 aliphatic heterocycles. The molecule has 0 saturated heterocycles. The molecular weight excluding hydrogens is 439 g/mol. The van der Waals surface area contributed by atoms with Gasteiger partial charge in [-0.05, 0) is 18.6 Å². The molecule has 2 rings (SSSR count). The molecule has 5 nitrogen and oxygen atoms in total. The van der Waals surface area contributed by atoms with Crippen LogP contribution in [0.3, 0.4) is 0 Å². The fourth-order valence-corrected chi connectivity index (χ4v) is 3.10. The molecule has 1 heterocycles. The highest BCUT2D eigenvalue weighted by molar-refractivity contribution is 9.24. The Morgan fingerprint density at radius 2 is 2.09 bits per heavy atom. The van der Waals surface area contributed by atoms with Gasteiger partial charge >= 0.3 is 12.0 Å². The molecule has 2 amide bonds. The molecule has 0 bridgehead atoms. The van der Waals surface area contributed by atoms with Gasteiger partial charge in [-0.2, -0.15) is 0 Å². The van der Waals surface area contributed by atoms with Gasteiger partial charge in [0.25, 0.3) is 0 Å². The number of hydrogen-bond acceptors (Lipinski definition) is 3. The van der Waals surface area contributed by atoms with E-state index in [9.17, 15) is 9.59 Å². The second kappa shape index (κ2) is 7.48. The number of alkyl halides is 2. The van der Waals surface area contributed by atoms with Crippen molar-refractivity contribution in [3.8, 4) is 0 Å². The molecule has 22 heavy (non-hydrogen) atoms. The number of carbonyl (C=O) groups is 2. The van der Waals surface area contributed by atoms with Crippen molar-refractivity contribution in [1.29, 1.82) is 0 Å². The Labute approximate surface area is 149 Å². The number of hydrogen-bond donors (Lipinski definition) is 2. The summed E-state index contributed by atoms with van der Waals surface area (Å²) in [6.07, 6.45) is 0. The number of esters is 1. The lowest BCUT2D eigenvalue weighted by atomic mass is 9.95. The van der Waals surface area contributed by atoms with Gasteiger partial charge in [0.15, 0.2) is 0 Å². The average molecular weight is 453 g/mol. The first kappa shape index (κ1) is 17.3. The smallest absolute Gasteiger partial charge is 0.338 e. The van der Waals surface area contributed by atoms with Crippen LogP contribution in [0.2, 0.25) is 5.02 Å². The third kappa shape index (κ3) is 3.64. The zero-order valence-corrected chi connectivity index (χ0v) is 15.5. The van der Waals surface area contributed by atoms with Gasteiger partial charge in [-0.25, -0.2) is 9.59 Å². The normalized spacial score (nSPS) is 18.0. The number of allylic oxidation sites excluding steroid dienone is 1. The van der Waals surface area contributed by atoms with E-state index in [0.717, 1.165) is 0 Å². The molecule has 1 aromatic carbocycles. The standard InChI is InChI=1S/C14H13Br2ClN2O3/c1-2-22-13(20)9-10(7-5-3-4-6-8(7)17)18-14(21)19-11(9)12(15)16/h3-6,10,12H,2H2,1H3,(H2,18,19,21). The number of nitrogens with one attached hydrogen (secondary N) is 2. The van der Waals surface area contributed by atoms with Crippen LogP contribution >= 0.6 is 43.5 Å². The highest BCUT2D eigenvalue weighted by Crippen LogP contribution is 2.35. The Hall–Kier alpha value is -1.05. The van der Waals surface area contributed by atoms with Gasteiger partial charge < -0.3 is 15.4 Å². The molecule has 1 aromatic rings. The van der Waals surface area contributed by atoms with Crippen molar-refractivity contribution < 1.29 is 14.3 Å². The molecule has 0 aromatic heterocycles. The predicted molar refractivity (Wildman–Crippen MR) is 91.2 cm³/mol. The first-order valence-electron chi connectivity index (χ1n) is 6.47. The summed E-state index contributed by atoms with van der Waals surface area (Å²) in [5, 5.41) is 5.78. The second-order valence-electron chi connectivity index (χ2n) is 4.40. The molecule has 0 radical (unpaired) electrons. The van der Waals surface area contributed by atoms with Crippen LogP contribution in [0, 0.1) is 0 Å². The Bertz CT molecular complexity index is 634. The Morgan fingerprint density at radius 1 is 1.41 bits per heavy atom. The number of halogens is 3. The van der Waals surface area contributed by atoms with Crippen molar-refractivity contribution in [2.75, 3.05) is 6.61 Å². The summed E-state index contributed by atoms with van der Waals surface area (Å²) in [5.74, 6) is -0.515. The monoisotopic (exact) mass is 450 g/mol. The molecular formula is C14H13Br2ClN2O3. The molecule has 1 aliphatic rings. The lowest BCUT2D eigenvalue weighted by molar-refractivity contribution is -0.139. The molecule has 118 valence electrons. The molecule has 8 heteroatoms. The molecule has 2 N–H and O–H groups in total. The number of ether oxygens (including phenoxy) is 1. The van der Waals surface area contributed by atoms with E-state index in [1.807, 2.05) is 0 Å². The van der Waals surface area contributed by atoms with Gasteiger partial charge in [0.05, 0.1) is 23.9 Å². The van der Waals surface area contributed by atoms with Gasteiger partial charge in [-0.3, -0.25) is 0 Å². The van der Waals surface area contributed by atoms with Crippen LogP contribution in [-0.4, -0.2) is 22.3 Å². The van der Waals surface area contributed by atoms with E-state index >= 15 is 0 Å². The number of amides is 2. The van der Waals surface area contributed by atoms with Crippen LogP contribution in [0.1, 0.15) is 18.5 Å². The van der Waals surface area contributed by atoms with Gasteiger partial charge in [0, 0.05) is 5.02 Å². The summed E-state index contributed by atoms with van der Waals surface area (Å²) >= 11 is 12.8. The largest absolute Gasteiger partial charge is 0.463 e. The fourth-order valence-electron chi connectivity index (χ4n) is 2.14. The minimum atomic E-state index is -0.686. The maximum atomic E-state index is 12.4. The van der Waals surface area contributed by atoms with Crippen LogP contribution in [-0.2, 0) is 9.53 Å². The lowest BCUT2D eigenvalue weighted by Gasteiger charge is -2.30. The van der Waals surface area contributed by atoms with Crippen LogP contribution in [0.25, 0.3) is 0 Å². The highest BCUT2D eigenvalue weighted by Gasteiger charge is 2.36. The van der Waals surface area contributed by atoms with Gasteiger partial charge in [0.2, 0.25) is 0 Å². The first-order chi connectivity index (χ1) is 10.5. The first-order valence-corrected chi connectivity index (χ1v) is 8.67. The summed E-state index contributed by atoms with van der Waals surface area (Å²) < 4.78 is 4.71. The van der Waals surface area contributed by atoms with E-state index in [-0.39, 0.29) is 6.61 Å². The van der Waals surface area contributed by atoms with E-state index in [1.54, 1.807) is 31.2 Å². The molecule has 0 spiro atoms. The number of carbonyl (C=O) groups excluding carboxylic acids is 2. The van der Waals surface area contributed by atoms with Crippen LogP contribution < -0.4 is 10.6 Å². The maximum absolute atomic E-state index is 12.4. The molecule has 0 aliphatic carbocycles. The molecule has 0 fully saturated rings. The van der Waals surface area contributed by atoms with E-state index in [4.69, 9.17) is 16.3 Å². The number of urea groups is 1. The summed E-state index contributed by atoms with van der Waals surface area (Å²) in [7, 11) is 0. The Morgan fingerprint density at radius 3 is 2.68 bits per heavy atom. The molecule has 1 atom stereocenters. The van der Waals surface area contributed by atoms with Crippen LogP contribution in [0.5, 0.6) is 0 Å². The van der Waals surface area contributed by atoms with Crippen molar-refractivity contribution in [3.63, 3.8) is 0 Å². The zero-order valence-electron chi connectivity index (χ0n) is 11.5. The average Bonchev–Trinajstić information content (AvgIpc) is 2.46. The van der Waals surface area contributed by atoms with Crippen LogP contribution in [0.15, 0.2) is 35.5 Å². The zero-order chi connectivity index (χ0) is 16.3. The van der Waals surface area contributed by atoms with E-state index < -0.39 is 21.8 Å². The minimum Gasteiger partial charge on any atom is -0.463 e. The van der Waals surface area contributed by atoms with Gasteiger partial charge in [-0.15, -0.1) is 0 Å². The quantitative estimate of drug-likeness (QED) is 0.542. The van der Waals surface area contributed by atoms with Crippen molar-refractivity contribution in [2.24, 2.45) is 0 Å². The summed E-state index contributed by atoms with van der Waals surface area (Å²) in [5.41, 5.74) is 1.32. The number of rotatable bonds is 4. The third-order valence-electron chi connectivity index (χ3n) is 3.03. The van der Waals surface area contributed by atoms with E-state index in [0.29, 0.717) is 21.9 Å². The van der Waals surface area contributed by atoms with Crippen LogP contribution in [0.4, 0.5) is 4.79 Å². The van der Waals surface area contributed by atoms with Crippen molar-refractivity contribution in [2.45, 2.75) is 16.7 Å². The van der Waals surface area contributed by atoms with E-state index in [1.165, 1.54) is 0 Å². The minimum absolute atomic E-state index is 0.230. The Kier molecular flexibility index (Phi) is 5.88. The Balaban J connectivity index is 2.58. The van der Waals surface area contributed by atoms with E-state index in [2.05, 4.69) is 42.5 Å². The lowest BCUT2D eigenvalue weighted by Crippen LogP contribution is -2.47. The molecule has 0 saturated carbocycles. The SMILES string of the molecule is CCOC(=O)C1=C(C(Br)Br)NC(=O)NC1c1ccccc1Cl. The third-order valence-corrected chi connectivity index (χ3v) is 4.29. The highest BCUT2D eigenvalue weighted by atomic mass is 79.9. The van der Waals surface area contributed by atoms with Gasteiger partial charge in [0.1, 0.15) is 3.74 Å². The fraction of sp³-hybridized carbons (Fsp3) is 0.286. The summed E-state index contributed by atoms with van der Waals surface area (Å²) in [6, 6.07) is 5.92.